The van der Waals surface area contributed by atoms with E-state index in [9.17, 15) is 4.79 Å². The van der Waals surface area contributed by atoms with Gasteiger partial charge in [0.25, 0.3) is 0 Å². The van der Waals surface area contributed by atoms with Crippen LogP contribution >= 0.6 is 0 Å². The standard InChI is InChI=1S/C24H25N3O3/c28-23(11-6-17-15-25-27(16-17)20-4-2-1-3-5-20)26-24(18-7-8-18)19-9-10-21-22(14-19)30-13-12-29-21/h1-5,9-10,14-16,18,24H,6-8,11-13H2,(H,26,28). The van der Waals surface area contributed by atoms with Crippen molar-refractivity contribution < 1.29 is 14.3 Å². The average molecular weight is 403 g/mol. The van der Waals surface area contributed by atoms with Crippen LogP contribution in [-0.4, -0.2) is 28.9 Å². The number of hydrogen-bond acceptors (Lipinski definition) is 4. The van der Waals surface area contributed by atoms with Crippen molar-refractivity contribution in [2.75, 3.05) is 13.2 Å². The van der Waals surface area contributed by atoms with Crippen molar-refractivity contribution in [3.63, 3.8) is 0 Å². The second kappa shape index (κ2) is 8.22. The first-order valence-electron chi connectivity index (χ1n) is 10.5. The molecule has 2 aromatic carbocycles. The molecule has 0 spiro atoms. The Hall–Kier alpha value is -3.28. The molecule has 1 unspecified atom stereocenters. The number of para-hydroxylation sites is 1. The minimum Gasteiger partial charge on any atom is -0.486 e. The van der Waals surface area contributed by atoms with Crippen LogP contribution in [-0.2, 0) is 11.2 Å². The summed E-state index contributed by atoms with van der Waals surface area (Å²) in [5.41, 5.74) is 3.16. The van der Waals surface area contributed by atoms with Crippen LogP contribution in [0.3, 0.4) is 0 Å². The zero-order valence-corrected chi connectivity index (χ0v) is 16.8. The second-order valence-corrected chi connectivity index (χ2v) is 7.91. The highest BCUT2D eigenvalue weighted by atomic mass is 16.6. The van der Waals surface area contributed by atoms with E-state index in [0.29, 0.717) is 32.0 Å². The maximum atomic E-state index is 12.7. The molecule has 1 saturated carbocycles. The lowest BCUT2D eigenvalue weighted by Gasteiger charge is -2.23. The van der Waals surface area contributed by atoms with E-state index < -0.39 is 0 Å². The molecule has 1 aromatic heterocycles. The zero-order chi connectivity index (χ0) is 20.3. The van der Waals surface area contributed by atoms with E-state index in [1.807, 2.05) is 65.6 Å². The molecule has 30 heavy (non-hydrogen) atoms. The molecule has 1 fully saturated rings. The van der Waals surface area contributed by atoms with Crippen LogP contribution in [0.15, 0.2) is 60.9 Å². The fourth-order valence-electron chi connectivity index (χ4n) is 3.87. The molecular weight excluding hydrogens is 378 g/mol. The van der Waals surface area contributed by atoms with Crippen molar-refractivity contribution in [2.24, 2.45) is 5.92 Å². The van der Waals surface area contributed by atoms with E-state index in [2.05, 4.69) is 10.4 Å². The monoisotopic (exact) mass is 403 g/mol. The Morgan fingerprint density at radius 1 is 1.10 bits per heavy atom. The van der Waals surface area contributed by atoms with Gasteiger partial charge in [0.1, 0.15) is 13.2 Å². The molecule has 2 aliphatic rings. The van der Waals surface area contributed by atoms with Gasteiger partial charge in [-0.2, -0.15) is 5.10 Å². The molecule has 6 nitrogen and oxygen atoms in total. The lowest BCUT2D eigenvalue weighted by molar-refractivity contribution is -0.122. The normalized spacial score (nSPS) is 16.1. The van der Waals surface area contributed by atoms with Gasteiger partial charge in [-0.25, -0.2) is 4.68 Å². The molecule has 0 radical (unpaired) electrons. The molecule has 6 heteroatoms. The Morgan fingerprint density at radius 2 is 1.90 bits per heavy atom. The predicted octanol–water partition coefficient (Wildman–Crippen LogP) is 3.84. The number of rotatable bonds is 7. The number of amides is 1. The predicted molar refractivity (Wildman–Crippen MR) is 113 cm³/mol. The molecule has 2 heterocycles. The molecule has 1 aliphatic carbocycles. The number of ether oxygens (including phenoxy) is 2. The van der Waals surface area contributed by atoms with Gasteiger partial charge in [0.15, 0.2) is 11.5 Å². The molecule has 1 amide bonds. The highest BCUT2D eigenvalue weighted by molar-refractivity contribution is 5.76. The highest BCUT2D eigenvalue weighted by Crippen LogP contribution is 2.43. The molecule has 3 aromatic rings. The average Bonchev–Trinajstić information content (AvgIpc) is 3.53. The Labute approximate surface area is 175 Å². The van der Waals surface area contributed by atoms with Gasteiger partial charge in [0, 0.05) is 12.6 Å². The first-order valence-corrected chi connectivity index (χ1v) is 10.5. The van der Waals surface area contributed by atoms with Gasteiger partial charge >= 0.3 is 0 Å². The van der Waals surface area contributed by atoms with E-state index >= 15 is 0 Å². The third-order valence-corrected chi connectivity index (χ3v) is 5.63. The van der Waals surface area contributed by atoms with Crippen LogP contribution in [0, 0.1) is 5.92 Å². The van der Waals surface area contributed by atoms with Crippen molar-refractivity contribution >= 4 is 5.91 Å². The van der Waals surface area contributed by atoms with Crippen molar-refractivity contribution in [1.29, 1.82) is 0 Å². The molecule has 1 N–H and O–H groups in total. The third-order valence-electron chi connectivity index (χ3n) is 5.63. The molecule has 5 rings (SSSR count). The van der Waals surface area contributed by atoms with Crippen LogP contribution in [0.5, 0.6) is 11.5 Å². The van der Waals surface area contributed by atoms with Crippen LogP contribution in [0.2, 0.25) is 0 Å². The first-order chi connectivity index (χ1) is 14.8. The number of carbonyl (C=O) groups excluding carboxylic acids is 1. The number of nitrogens with zero attached hydrogens (tertiary/aromatic N) is 2. The fraction of sp³-hybridized carbons (Fsp3) is 0.333. The minimum atomic E-state index is 0.0281. The SMILES string of the molecule is O=C(CCc1cnn(-c2ccccc2)c1)NC(c1ccc2c(c1)OCCO2)C1CC1. The number of nitrogens with one attached hydrogen (secondary N) is 1. The Balaban J connectivity index is 1.21. The molecule has 0 bridgehead atoms. The maximum absolute atomic E-state index is 12.7. The summed E-state index contributed by atoms with van der Waals surface area (Å²) in [5.74, 6) is 2.11. The molecule has 1 aliphatic heterocycles. The largest absolute Gasteiger partial charge is 0.486 e. The lowest BCUT2D eigenvalue weighted by atomic mass is 10.0. The van der Waals surface area contributed by atoms with E-state index in [1.165, 1.54) is 0 Å². The zero-order valence-electron chi connectivity index (χ0n) is 16.8. The van der Waals surface area contributed by atoms with Gasteiger partial charge in [-0.1, -0.05) is 24.3 Å². The summed E-state index contributed by atoms with van der Waals surface area (Å²) in [4.78, 5) is 12.7. The van der Waals surface area contributed by atoms with Gasteiger partial charge in [-0.05, 0) is 60.6 Å². The van der Waals surface area contributed by atoms with Gasteiger partial charge in [0.05, 0.1) is 17.9 Å². The van der Waals surface area contributed by atoms with Gasteiger partial charge in [-0.3, -0.25) is 4.79 Å². The summed E-state index contributed by atoms with van der Waals surface area (Å²) in [5, 5.41) is 7.66. The highest BCUT2D eigenvalue weighted by Gasteiger charge is 2.34. The number of hydrogen-bond donors (Lipinski definition) is 1. The third kappa shape index (κ3) is 4.17. The summed E-state index contributed by atoms with van der Waals surface area (Å²) in [6, 6.07) is 16.0. The van der Waals surface area contributed by atoms with Crippen molar-refractivity contribution in [3.8, 4) is 17.2 Å². The fourth-order valence-corrected chi connectivity index (χ4v) is 3.87. The quantitative estimate of drug-likeness (QED) is 0.651. The number of fused-ring (bicyclic) bond motifs is 1. The maximum Gasteiger partial charge on any atom is 0.220 e. The Morgan fingerprint density at radius 3 is 2.70 bits per heavy atom. The van der Waals surface area contributed by atoms with Crippen molar-refractivity contribution in [1.82, 2.24) is 15.1 Å². The van der Waals surface area contributed by atoms with Crippen LogP contribution in [0.25, 0.3) is 5.69 Å². The summed E-state index contributed by atoms with van der Waals surface area (Å²) in [6.45, 7) is 1.14. The van der Waals surface area contributed by atoms with E-state index in [0.717, 1.165) is 41.2 Å². The van der Waals surface area contributed by atoms with E-state index in [1.54, 1.807) is 0 Å². The van der Waals surface area contributed by atoms with Crippen molar-refractivity contribution in [3.05, 3.63) is 72.1 Å². The molecule has 0 saturated heterocycles. The summed E-state index contributed by atoms with van der Waals surface area (Å²) in [6.07, 6.45) is 7.21. The van der Waals surface area contributed by atoms with Crippen LogP contribution in [0.1, 0.15) is 36.4 Å². The topological polar surface area (TPSA) is 65.4 Å². The molecule has 1 atom stereocenters. The minimum absolute atomic E-state index is 0.0281. The number of benzene rings is 2. The van der Waals surface area contributed by atoms with E-state index in [-0.39, 0.29) is 11.9 Å². The van der Waals surface area contributed by atoms with Gasteiger partial charge < -0.3 is 14.8 Å². The molecular formula is C24H25N3O3. The van der Waals surface area contributed by atoms with Gasteiger partial charge in [0.2, 0.25) is 5.91 Å². The second-order valence-electron chi connectivity index (χ2n) is 7.91. The van der Waals surface area contributed by atoms with Crippen LogP contribution < -0.4 is 14.8 Å². The number of aryl methyl sites for hydroxylation is 1. The smallest absolute Gasteiger partial charge is 0.220 e. The summed E-state index contributed by atoms with van der Waals surface area (Å²) in [7, 11) is 0. The Kier molecular flexibility index (Phi) is 5.13. The first kappa shape index (κ1) is 18.7. The molecule has 154 valence electrons. The summed E-state index contributed by atoms with van der Waals surface area (Å²) < 4.78 is 13.2. The number of aromatic nitrogens is 2. The van der Waals surface area contributed by atoms with Gasteiger partial charge in [-0.15, -0.1) is 0 Å². The lowest BCUT2D eigenvalue weighted by Crippen LogP contribution is -2.30. The van der Waals surface area contributed by atoms with Crippen LogP contribution in [0.4, 0.5) is 0 Å². The number of carbonyl (C=O) groups is 1. The van der Waals surface area contributed by atoms with E-state index in [4.69, 9.17) is 9.47 Å². The van der Waals surface area contributed by atoms with Crippen molar-refractivity contribution in [2.45, 2.75) is 31.7 Å². The summed E-state index contributed by atoms with van der Waals surface area (Å²) >= 11 is 0. The Bertz CT molecular complexity index is 1030.